The van der Waals surface area contributed by atoms with E-state index in [-0.39, 0.29) is 0 Å². The van der Waals surface area contributed by atoms with Crippen LogP contribution in [-0.2, 0) is 16.0 Å². The number of hydrogen-bond donors (Lipinski definition) is 0. The SMILES string of the molecule is CC1(Cn2ccnc2C2CCOCC2)COC1. The molecule has 2 saturated heterocycles. The quantitative estimate of drug-likeness (QED) is 0.803. The van der Waals surface area contributed by atoms with Gasteiger partial charge in [-0.05, 0) is 12.8 Å². The molecule has 0 bridgehead atoms. The summed E-state index contributed by atoms with van der Waals surface area (Å²) in [6, 6.07) is 0. The zero-order chi connectivity index (χ0) is 11.7. The van der Waals surface area contributed by atoms with Gasteiger partial charge in [0.15, 0.2) is 0 Å². The van der Waals surface area contributed by atoms with E-state index in [1.165, 1.54) is 5.82 Å². The molecule has 0 aliphatic carbocycles. The molecule has 0 radical (unpaired) electrons. The Labute approximate surface area is 102 Å². The van der Waals surface area contributed by atoms with E-state index in [1.807, 2.05) is 6.20 Å². The van der Waals surface area contributed by atoms with Gasteiger partial charge in [-0.2, -0.15) is 0 Å². The van der Waals surface area contributed by atoms with E-state index in [0.29, 0.717) is 11.3 Å². The number of nitrogens with zero attached hydrogens (tertiary/aromatic N) is 2. The van der Waals surface area contributed by atoms with Crippen molar-refractivity contribution in [3.8, 4) is 0 Å². The Morgan fingerprint density at radius 1 is 1.35 bits per heavy atom. The van der Waals surface area contributed by atoms with Gasteiger partial charge in [0, 0.05) is 43.5 Å². The van der Waals surface area contributed by atoms with Crippen LogP contribution in [0.3, 0.4) is 0 Å². The summed E-state index contributed by atoms with van der Waals surface area (Å²) in [4.78, 5) is 4.55. The second kappa shape index (κ2) is 4.42. The molecular formula is C13H20N2O2. The van der Waals surface area contributed by atoms with E-state index >= 15 is 0 Å². The Hall–Kier alpha value is -0.870. The average molecular weight is 236 g/mol. The minimum atomic E-state index is 0.306. The topological polar surface area (TPSA) is 36.3 Å². The molecule has 3 rings (SSSR count). The molecule has 3 heterocycles. The molecule has 1 aromatic rings. The molecule has 2 aliphatic rings. The van der Waals surface area contributed by atoms with Gasteiger partial charge in [0.2, 0.25) is 0 Å². The fourth-order valence-corrected chi connectivity index (χ4v) is 2.72. The number of ether oxygens (including phenoxy) is 2. The first-order chi connectivity index (χ1) is 8.27. The molecule has 4 nitrogen and oxygen atoms in total. The highest BCUT2D eigenvalue weighted by atomic mass is 16.5. The van der Waals surface area contributed by atoms with Gasteiger partial charge in [-0.25, -0.2) is 4.98 Å². The summed E-state index contributed by atoms with van der Waals surface area (Å²) in [7, 11) is 0. The van der Waals surface area contributed by atoms with Crippen LogP contribution in [0.4, 0.5) is 0 Å². The second-order valence-electron chi connectivity index (χ2n) is 5.60. The lowest BCUT2D eigenvalue weighted by molar-refractivity contribution is -0.110. The maximum Gasteiger partial charge on any atom is 0.111 e. The molecule has 17 heavy (non-hydrogen) atoms. The van der Waals surface area contributed by atoms with Crippen molar-refractivity contribution in [2.75, 3.05) is 26.4 Å². The molecular weight excluding hydrogens is 216 g/mol. The predicted octanol–water partition coefficient (Wildman–Crippen LogP) is 1.81. The smallest absolute Gasteiger partial charge is 0.111 e. The third kappa shape index (κ3) is 2.24. The highest BCUT2D eigenvalue weighted by Crippen LogP contribution is 2.31. The number of imidazole rings is 1. The van der Waals surface area contributed by atoms with Gasteiger partial charge in [0.1, 0.15) is 5.82 Å². The molecule has 0 atom stereocenters. The Kier molecular flexibility index (Phi) is 2.92. The molecule has 0 spiro atoms. The van der Waals surface area contributed by atoms with Crippen LogP contribution in [0.15, 0.2) is 12.4 Å². The summed E-state index contributed by atoms with van der Waals surface area (Å²) in [5.41, 5.74) is 0.306. The Balaban J connectivity index is 1.73. The van der Waals surface area contributed by atoms with Crippen molar-refractivity contribution in [3.05, 3.63) is 18.2 Å². The van der Waals surface area contributed by atoms with Crippen LogP contribution < -0.4 is 0 Å². The molecule has 4 heteroatoms. The lowest BCUT2D eigenvalue weighted by atomic mass is 9.88. The van der Waals surface area contributed by atoms with Gasteiger partial charge in [0.25, 0.3) is 0 Å². The van der Waals surface area contributed by atoms with Crippen LogP contribution in [0.1, 0.15) is 31.5 Å². The van der Waals surface area contributed by atoms with Crippen molar-refractivity contribution in [2.45, 2.75) is 32.2 Å². The van der Waals surface area contributed by atoms with Crippen molar-refractivity contribution in [1.82, 2.24) is 9.55 Å². The first-order valence-corrected chi connectivity index (χ1v) is 6.43. The van der Waals surface area contributed by atoms with Crippen molar-refractivity contribution in [3.63, 3.8) is 0 Å². The highest BCUT2D eigenvalue weighted by Gasteiger charge is 2.34. The monoisotopic (exact) mass is 236 g/mol. The van der Waals surface area contributed by atoms with E-state index in [4.69, 9.17) is 9.47 Å². The van der Waals surface area contributed by atoms with Crippen LogP contribution in [0, 0.1) is 5.41 Å². The van der Waals surface area contributed by atoms with Gasteiger partial charge < -0.3 is 14.0 Å². The van der Waals surface area contributed by atoms with E-state index in [9.17, 15) is 0 Å². The Morgan fingerprint density at radius 3 is 2.76 bits per heavy atom. The van der Waals surface area contributed by atoms with Crippen LogP contribution in [0.25, 0.3) is 0 Å². The van der Waals surface area contributed by atoms with Crippen molar-refractivity contribution in [1.29, 1.82) is 0 Å². The van der Waals surface area contributed by atoms with Gasteiger partial charge in [-0.15, -0.1) is 0 Å². The molecule has 0 saturated carbocycles. The maximum atomic E-state index is 5.41. The van der Waals surface area contributed by atoms with E-state index in [1.54, 1.807) is 0 Å². The lowest BCUT2D eigenvalue weighted by Crippen LogP contribution is -2.43. The number of hydrogen-bond acceptors (Lipinski definition) is 3. The van der Waals surface area contributed by atoms with Crippen molar-refractivity contribution < 1.29 is 9.47 Å². The molecule has 2 aliphatic heterocycles. The molecule has 0 unspecified atom stereocenters. The Bertz CT molecular complexity index is 379. The van der Waals surface area contributed by atoms with Crippen molar-refractivity contribution >= 4 is 0 Å². The maximum absolute atomic E-state index is 5.41. The molecule has 0 aromatic carbocycles. The molecule has 94 valence electrons. The standard InChI is InChI=1S/C13H20N2O2/c1-13(9-17-10-13)8-15-5-4-14-12(15)11-2-6-16-7-3-11/h4-5,11H,2-3,6-10H2,1H3. The van der Waals surface area contributed by atoms with E-state index in [0.717, 1.165) is 45.8 Å². The third-order valence-electron chi connectivity index (χ3n) is 3.79. The molecule has 0 N–H and O–H groups in total. The predicted molar refractivity (Wildman–Crippen MR) is 63.9 cm³/mol. The Morgan fingerprint density at radius 2 is 2.12 bits per heavy atom. The zero-order valence-electron chi connectivity index (χ0n) is 10.4. The lowest BCUT2D eigenvalue weighted by Gasteiger charge is -2.39. The number of aromatic nitrogens is 2. The van der Waals surface area contributed by atoms with Crippen LogP contribution >= 0.6 is 0 Å². The summed E-state index contributed by atoms with van der Waals surface area (Å²) < 4.78 is 13.1. The fraction of sp³-hybridized carbons (Fsp3) is 0.769. The minimum absolute atomic E-state index is 0.306. The normalized spacial score (nSPS) is 24.5. The largest absolute Gasteiger partial charge is 0.381 e. The second-order valence-corrected chi connectivity index (χ2v) is 5.60. The van der Waals surface area contributed by atoms with Gasteiger partial charge >= 0.3 is 0 Å². The first kappa shape index (κ1) is 11.2. The van der Waals surface area contributed by atoms with Gasteiger partial charge in [-0.1, -0.05) is 6.92 Å². The minimum Gasteiger partial charge on any atom is -0.381 e. The van der Waals surface area contributed by atoms with Crippen LogP contribution in [-0.4, -0.2) is 36.0 Å². The summed E-state index contributed by atoms with van der Waals surface area (Å²) in [5.74, 6) is 1.81. The fourth-order valence-electron chi connectivity index (χ4n) is 2.72. The summed E-state index contributed by atoms with van der Waals surface area (Å²) in [6.07, 6.45) is 6.23. The molecule has 0 amide bonds. The summed E-state index contributed by atoms with van der Waals surface area (Å²) >= 11 is 0. The summed E-state index contributed by atoms with van der Waals surface area (Å²) in [5, 5.41) is 0. The average Bonchev–Trinajstić information content (AvgIpc) is 2.76. The van der Waals surface area contributed by atoms with Crippen LogP contribution in [0.5, 0.6) is 0 Å². The van der Waals surface area contributed by atoms with E-state index < -0.39 is 0 Å². The number of rotatable bonds is 3. The van der Waals surface area contributed by atoms with Gasteiger partial charge in [-0.3, -0.25) is 0 Å². The van der Waals surface area contributed by atoms with Gasteiger partial charge in [0.05, 0.1) is 13.2 Å². The summed E-state index contributed by atoms with van der Waals surface area (Å²) in [6.45, 7) is 6.80. The highest BCUT2D eigenvalue weighted by molar-refractivity contribution is 5.03. The van der Waals surface area contributed by atoms with Crippen LogP contribution in [0.2, 0.25) is 0 Å². The third-order valence-corrected chi connectivity index (χ3v) is 3.79. The molecule has 1 aromatic heterocycles. The van der Waals surface area contributed by atoms with E-state index in [2.05, 4.69) is 22.7 Å². The zero-order valence-corrected chi connectivity index (χ0v) is 10.4. The van der Waals surface area contributed by atoms with Crippen molar-refractivity contribution in [2.24, 2.45) is 5.41 Å². The first-order valence-electron chi connectivity index (χ1n) is 6.43. The molecule has 2 fully saturated rings.